The fourth-order valence-corrected chi connectivity index (χ4v) is 3.14. The highest BCUT2D eigenvalue weighted by Crippen LogP contribution is 2.25. The molecule has 1 aliphatic rings. The fourth-order valence-electron chi connectivity index (χ4n) is 3.14. The van der Waals surface area contributed by atoms with Gasteiger partial charge in [0.1, 0.15) is 6.33 Å². The van der Waals surface area contributed by atoms with Crippen molar-refractivity contribution in [2.24, 2.45) is 11.8 Å². The third-order valence-corrected chi connectivity index (χ3v) is 4.55. The molecule has 0 saturated carbocycles. The summed E-state index contributed by atoms with van der Waals surface area (Å²) in [5, 5.41) is 13.0. The number of benzene rings is 1. The predicted octanol–water partition coefficient (Wildman–Crippen LogP) is 2.86. The molecule has 1 aromatic carbocycles. The summed E-state index contributed by atoms with van der Waals surface area (Å²) in [6, 6.07) is 7.63. The largest absolute Gasteiger partial charge is 0.326 e. The van der Waals surface area contributed by atoms with E-state index in [0.717, 1.165) is 30.2 Å². The summed E-state index contributed by atoms with van der Waals surface area (Å²) in [6.45, 7) is 4.32. The number of nitrogens with one attached hydrogen (secondary N) is 3. The Morgan fingerprint density at radius 3 is 2.62 bits per heavy atom. The molecule has 130 valence electrons. The van der Waals surface area contributed by atoms with E-state index in [1.807, 2.05) is 24.3 Å². The molecule has 0 radical (unpaired) electrons. The molecule has 1 unspecified atom stereocenters. The van der Waals surface area contributed by atoms with Crippen LogP contribution in [0.15, 0.2) is 30.6 Å². The molecule has 1 fully saturated rings. The van der Waals surface area contributed by atoms with Crippen molar-refractivity contribution in [1.29, 1.82) is 0 Å². The van der Waals surface area contributed by atoms with Gasteiger partial charge >= 0.3 is 0 Å². The van der Waals surface area contributed by atoms with Crippen LogP contribution in [0.5, 0.6) is 0 Å². The van der Waals surface area contributed by atoms with Gasteiger partial charge in [0.2, 0.25) is 5.91 Å². The summed E-state index contributed by atoms with van der Waals surface area (Å²) >= 11 is 0. The molecule has 0 bridgehead atoms. The van der Waals surface area contributed by atoms with E-state index in [9.17, 15) is 4.79 Å². The second-order valence-electron chi connectivity index (χ2n) is 6.23. The number of carbonyl (C=O) groups is 1. The number of aromatic nitrogens is 3. The van der Waals surface area contributed by atoms with Crippen LogP contribution < -0.4 is 10.6 Å². The number of rotatable bonds is 5. The maximum Gasteiger partial charge on any atom is 0.224 e. The maximum absolute atomic E-state index is 12.2. The SMILES string of the molecule is CC(CC(=O)Nc1ccc(-c2ncn[nH]2)cc1)C1CCNCC1.Cl. The quantitative estimate of drug-likeness (QED) is 0.775. The van der Waals surface area contributed by atoms with Crippen molar-refractivity contribution in [1.82, 2.24) is 20.5 Å². The highest BCUT2D eigenvalue weighted by Gasteiger charge is 2.22. The van der Waals surface area contributed by atoms with Crippen LogP contribution in [0.3, 0.4) is 0 Å². The summed E-state index contributed by atoms with van der Waals surface area (Å²) in [6.07, 6.45) is 4.39. The van der Waals surface area contributed by atoms with Gasteiger partial charge in [-0.1, -0.05) is 6.92 Å². The van der Waals surface area contributed by atoms with E-state index in [1.54, 1.807) is 0 Å². The summed E-state index contributed by atoms with van der Waals surface area (Å²) in [5.74, 6) is 1.88. The standard InChI is InChI=1S/C17H23N5O.ClH/c1-12(13-6-8-18-9-7-13)10-16(23)21-15-4-2-14(3-5-15)17-19-11-20-22-17;/h2-5,11-13,18H,6-10H2,1H3,(H,21,23)(H,19,20,22);1H. The van der Waals surface area contributed by atoms with E-state index in [2.05, 4.69) is 32.7 Å². The smallest absolute Gasteiger partial charge is 0.224 e. The number of hydrogen-bond acceptors (Lipinski definition) is 4. The third kappa shape index (κ3) is 4.79. The summed E-state index contributed by atoms with van der Waals surface area (Å²) in [7, 11) is 0. The van der Waals surface area contributed by atoms with Gasteiger partial charge in [0, 0.05) is 17.7 Å². The number of piperidine rings is 1. The number of nitrogens with zero attached hydrogens (tertiary/aromatic N) is 2. The number of amides is 1. The third-order valence-electron chi connectivity index (χ3n) is 4.55. The van der Waals surface area contributed by atoms with Crippen molar-refractivity contribution in [3.8, 4) is 11.4 Å². The Morgan fingerprint density at radius 1 is 1.29 bits per heavy atom. The van der Waals surface area contributed by atoms with Gasteiger partial charge in [-0.2, -0.15) is 5.10 Å². The lowest BCUT2D eigenvalue weighted by molar-refractivity contribution is -0.117. The molecular weight excluding hydrogens is 326 g/mol. The van der Waals surface area contributed by atoms with E-state index >= 15 is 0 Å². The molecule has 3 rings (SSSR count). The Balaban J connectivity index is 0.00000208. The average Bonchev–Trinajstić information content (AvgIpc) is 3.11. The van der Waals surface area contributed by atoms with Crippen molar-refractivity contribution in [3.05, 3.63) is 30.6 Å². The van der Waals surface area contributed by atoms with E-state index in [0.29, 0.717) is 18.3 Å². The molecule has 0 aliphatic carbocycles. The van der Waals surface area contributed by atoms with Crippen LogP contribution in [0.4, 0.5) is 5.69 Å². The minimum atomic E-state index is 0. The van der Waals surface area contributed by atoms with Gasteiger partial charge < -0.3 is 10.6 Å². The van der Waals surface area contributed by atoms with Gasteiger partial charge in [-0.15, -0.1) is 12.4 Å². The van der Waals surface area contributed by atoms with Crippen molar-refractivity contribution < 1.29 is 4.79 Å². The Bertz CT molecular complexity index is 623. The number of hydrogen-bond donors (Lipinski definition) is 3. The number of H-pyrrole nitrogens is 1. The lowest BCUT2D eigenvalue weighted by Crippen LogP contribution is -2.32. The molecule has 0 spiro atoms. The van der Waals surface area contributed by atoms with Crippen LogP contribution in [0.2, 0.25) is 0 Å². The van der Waals surface area contributed by atoms with Crippen LogP contribution in [-0.4, -0.2) is 34.2 Å². The zero-order chi connectivity index (χ0) is 16.1. The zero-order valence-corrected chi connectivity index (χ0v) is 14.6. The summed E-state index contributed by atoms with van der Waals surface area (Å²) < 4.78 is 0. The predicted molar refractivity (Wildman–Crippen MR) is 97.1 cm³/mol. The van der Waals surface area contributed by atoms with Crippen LogP contribution in [0.25, 0.3) is 11.4 Å². The maximum atomic E-state index is 12.2. The molecule has 2 heterocycles. The molecule has 7 heteroatoms. The molecule has 1 aromatic heterocycles. The molecule has 3 N–H and O–H groups in total. The van der Waals surface area contributed by atoms with Crippen molar-refractivity contribution in [3.63, 3.8) is 0 Å². The second-order valence-corrected chi connectivity index (χ2v) is 6.23. The first-order chi connectivity index (χ1) is 11.2. The normalized spacial score (nSPS) is 16.2. The molecule has 24 heavy (non-hydrogen) atoms. The number of anilines is 1. The zero-order valence-electron chi connectivity index (χ0n) is 13.8. The van der Waals surface area contributed by atoms with Crippen LogP contribution in [0.1, 0.15) is 26.2 Å². The van der Waals surface area contributed by atoms with Crippen LogP contribution in [-0.2, 0) is 4.79 Å². The Kier molecular flexibility index (Phi) is 6.75. The molecule has 6 nitrogen and oxygen atoms in total. The van der Waals surface area contributed by atoms with Crippen molar-refractivity contribution in [2.45, 2.75) is 26.2 Å². The first-order valence-corrected chi connectivity index (χ1v) is 8.19. The highest BCUT2D eigenvalue weighted by molar-refractivity contribution is 5.91. The first-order valence-electron chi connectivity index (χ1n) is 8.19. The van der Waals surface area contributed by atoms with E-state index in [4.69, 9.17) is 0 Å². The van der Waals surface area contributed by atoms with Crippen LogP contribution >= 0.6 is 12.4 Å². The molecule has 1 amide bonds. The second kappa shape index (κ2) is 8.80. The molecular formula is C17H24ClN5O. The van der Waals surface area contributed by atoms with E-state index in [-0.39, 0.29) is 18.3 Å². The van der Waals surface area contributed by atoms with Gasteiger partial charge in [-0.3, -0.25) is 9.89 Å². The van der Waals surface area contributed by atoms with Crippen molar-refractivity contribution >= 4 is 24.0 Å². The summed E-state index contributed by atoms with van der Waals surface area (Å²) in [4.78, 5) is 16.3. The highest BCUT2D eigenvalue weighted by atomic mass is 35.5. The first kappa shape index (κ1) is 18.4. The minimum Gasteiger partial charge on any atom is -0.326 e. The van der Waals surface area contributed by atoms with Gasteiger partial charge in [0.25, 0.3) is 0 Å². The molecule has 2 aromatic rings. The van der Waals surface area contributed by atoms with Gasteiger partial charge in [0.05, 0.1) is 0 Å². The molecule has 1 atom stereocenters. The average molecular weight is 350 g/mol. The van der Waals surface area contributed by atoms with Gasteiger partial charge in [-0.25, -0.2) is 4.98 Å². The monoisotopic (exact) mass is 349 g/mol. The Morgan fingerprint density at radius 2 is 2.00 bits per heavy atom. The number of aromatic amines is 1. The van der Waals surface area contributed by atoms with Gasteiger partial charge in [0.15, 0.2) is 5.82 Å². The molecule has 1 saturated heterocycles. The Labute approximate surface area is 148 Å². The van der Waals surface area contributed by atoms with E-state index in [1.165, 1.54) is 19.2 Å². The molecule has 1 aliphatic heterocycles. The Hall–Kier alpha value is -1.92. The summed E-state index contributed by atoms with van der Waals surface area (Å²) in [5.41, 5.74) is 1.76. The van der Waals surface area contributed by atoms with Crippen molar-refractivity contribution in [2.75, 3.05) is 18.4 Å². The fraction of sp³-hybridized carbons (Fsp3) is 0.471. The number of carbonyl (C=O) groups excluding carboxylic acids is 1. The number of halogens is 1. The topological polar surface area (TPSA) is 82.7 Å². The lowest BCUT2D eigenvalue weighted by atomic mass is 9.84. The van der Waals surface area contributed by atoms with E-state index < -0.39 is 0 Å². The lowest BCUT2D eigenvalue weighted by Gasteiger charge is -2.27. The van der Waals surface area contributed by atoms with Crippen LogP contribution in [0, 0.1) is 11.8 Å². The van der Waals surface area contributed by atoms with Gasteiger partial charge in [-0.05, 0) is 62.0 Å². The minimum absolute atomic E-state index is 0.